The smallest absolute Gasteiger partial charge is 0.322 e. The Kier molecular flexibility index (Phi) is 6.89. The molecule has 0 saturated carbocycles. The highest BCUT2D eigenvalue weighted by molar-refractivity contribution is 7.78. The van der Waals surface area contributed by atoms with Gasteiger partial charge in [0.1, 0.15) is 11.8 Å². The number of aryl methyl sites for hydroxylation is 1. The average molecular weight is 459 g/mol. The summed E-state index contributed by atoms with van der Waals surface area (Å²) < 4.78 is 20.3. The van der Waals surface area contributed by atoms with Gasteiger partial charge in [0.05, 0.1) is 0 Å². The van der Waals surface area contributed by atoms with Gasteiger partial charge < -0.3 is 14.3 Å². The Balaban J connectivity index is 1.37. The maximum absolute atomic E-state index is 12.4. The third-order valence-corrected chi connectivity index (χ3v) is 5.89. The summed E-state index contributed by atoms with van der Waals surface area (Å²) in [5.74, 6) is 5.39. The van der Waals surface area contributed by atoms with Crippen LogP contribution in [0.4, 0.5) is 0 Å². The second kappa shape index (κ2) is 10.2. The fourth-order valence-electron chi connectivity index (χ4n) is 3.30. The van der Waals surface area contributed by atoms with Gasteiger partial charge in [0, 0.05) is 34.6 Å². The molecule has 166 valence electrons. The number of carboxylic acids is 1. The van der Waals surface area contributed by atoms with Gasteiger partial charge >= 0.3 is 5.97 Å². The highest BCUT2D eigenvalue weighted by atomic mass is 32.2. The molecule has 1 aromatic heterocycles. The Morgan fingerprint density at radius 2 is 1.67 bits per heavy atom. The zero-order chi connectivity index (χ0) is 23.2. The number of nitrogens with one attached hydrogen (secondary N) is 2. The molecule has 7 heteroatoms. The topological polar surface area (TPSA) is 91.4 Å². The number of benzene rings is 3. The summed E-state index contributed by atoms with van der Waals surface area (Å²) >= 11 is -2.04. The van der Waals surface area contributed by atoms with Gasteiger partial charge in [-0.2, -0.15) is 8.93 Å². The van der Waals surface area contributed by atoms with E-state index in [1.54, 1.807) is 30.5 Å². The molecule has 2 atom stereocenters. The number of aromatic nitrogens is 1. The van der Waals surface area contributed by atoms with Gasteiger partial charge in [0.2, 0.25) is 0 Å². The SMILES string of the molecule is Cc1ccc(C#Cc2ccc(OS(=O)NC(Cc3c[nH]c4ccccc34)C(=O)O)cc2)cc1. The van der Waals surface area contributed by atoms with Crippen LogP contribution < -0.4 is 8.91 Å². The van der Waals surface area contributed by atoms with Crippen LogP contribution in [-0.2, 0) is 22.5 Å². The minimum absolute atomic E-state index is 0.155. The number of para-hydroxylation sites is 1. The summed E-state index contributed by atoms with van der Waals surface area (Å²) in [6.45, 7) is 2.02. The van der Waals surface area contributed by atoms with Gasteiger partial charge in [-0.1, -0.05) is 47.7 Å². The summed E-state index contributed by atoms with van der Waals surface area (Å²) in [4.78, 5) is 14.8. The Hall–Kier alpha value is -3.86. The van der Waals surface area contributed by atoms with Gasteiger partial charge in [0.25, 0.3) is 11.3 Å². The van der Waals surface area contributed by atoms with Crippen molar-refractivity contribution in [2.75, 3.05) is 0 Å². The van der Waals surface area contributed by atoms with Crippen LogP contribution in [-0.4, -0.2) is 26.3 Å². The Morgan fingerprint density at radius 3 is 2.33 bits per heavy atom. The van der Waals surface area contributed by atoms with Crippen LogP contribution in [0.5, 0.6) is 5.75 Å². The van der Waals surface area contributed by atoms with Gasteiger partial charge in [-0.15, -0.1) is 0 Å². The van der Waals surface area contributed by atoms with E-state index in [9.17, 15) is 14.1 Å². The molecule has 1 heterocycles. The largest absolute Gasteiger partial charge is 0.480 e. The molecule has 0 aliphatic carbocycles. The minimum Gasteiger partial charge on any atom is -0.480 e. The number of rotatable bonds is 7. The van der Waals surface area contributed by atoms with Crippen molar-refractivity contribution in [1.82, 2.24) is 9.71 Å². The molecular weight excluding hydrogens is 436 g/mol. The van der Waals surface area contributed by atoms with Crippen LogP contribution in [0.1, 0.15) is 22.3 Å². The first kappa shape index (κ1) is 22.3. The Bertz CT molecular complexity index is 1350. The predicted octanol–water partition coefficient (Wildman–Crippen LogP) is 4.12. The number of fused-ring (bicyclic) bond motifs is 1. The van der Waals surface area contributed by atoms with Crippen molar-refractivity contribution in [2.24, 2.45) is 0 Å². The molecule has 0 aliphatic heterocycles. The molecule has 0 aliphatic rings. The van der Waals surface area contributed by atoms with Crippen LogP contribution >= 0.6 is 0 Å². The molecule has 0 amide bonds. The highest BCUT2D eigenvalue weighted by Crippen LogP contribution is 2.19. The second-order valence-electron chi connectivity index (χ2n) is 7.53. The lowest BCUT2D eigenvalue weighted by molar-refractivity contribution is -0.138. The average Bonchev–Trinajstić information content (AvgIpc) is 3.22. The molecule has 3 aromatic carbocycles. The molecule has 2 unspecified atom stereocenters. The summed E-state index contributed by atoms with van der Waals surface area (Å²) in [6.07, 6.45) is 1.92. The number of hydrogen-bond acceptors (Lipinski definition) is 3. The molecule has 3 N–H and O–H groups in total. The normalized spacial score (nSPS) is 12.5. The summed E-state index contributed by atoms with van der Waals surface area (Å²) in [6, 6.07) is 21.3. The quantitative estimate of drug-likeness (QED) is 0.363. The fourth-order valence-corrected chi connectivity index (χ4v) is 4.05. The van der Waals surface area contributed by atoms with Crippen molar-refractivity contribution in [3.63, 3.8) is 0 Å². The summed E-state index contributed by atoms with van der Waals surface area (Å²) in [5.41, 5.74) is 4.61. The molecule has 0 bridgehead atoms. The molecule has 4 aromatic rings. The number of aliphatic carboxylic acids is 1. The molecule has 4 rings (SSSR count). The van der Waals surface area contributed by atoms with Gasteiger partial charge in [-0.25, -0.2) is 0 Å². The Labute approximate surface area is 194 Å². The van der Waals surface area contributed by atoms with Crippen LogP contribution in [0.3, 0.4) is 0 Å². The van der Waals surface area contributed by atoms with Gasteiger partial charge in [0.15, 0.2) is 0 Å². The van der Waals surface area contributed by atoms with E-state index in [-0.39, 0.29) is 6.42 Å². The van der Waals surface area contributed by atoms with E-state index in [4.69, 9.17) is 4.18 Å². The van der Waals surface area contributed by atoms with Gasteiger partial charge in [-0.05, 0) is 55.0 Å². The van der Waals surface area contributed by atoms with Crippen molar-refractivity contribution in [1.29, 1.82) is 0 Å². The molecule has 33 heavy (non-hydrogen) atoms. The first-order valence-corrected chi connectivity index (χ1v) is 11.4. The molecular formula is C26H22N2O4S. The van der Waals surface area contributed by atoms with Crippen LogP contribution in [0.25, 0.3) is 10.9 Å². The maximum Gasteiger partial charge on any atom is 0.322 e. The molecule has 0 fully saturated rings. The number of carbonyl (C=O) groups is 1. The third-order valence-electron chi connectivity index (χ3n) is 5.06. The van der Waals surface area contributed by atoms with Crippen molar-refractivity contribution in [3.05, 3.63) is 101 Å². The van der Waals surface area contributed by atoms with E-state index in [0.717, 1.165) is 27.6 Å². The van der Waals surface area contributed by atoms with Crippen molar-refractivity contribution in [3.8, 4) is 17.6 Å². The standard InChI is InChI=1S/C26H22N2O4S/c1-18-6-8-19(9-7-18)10-11-20-12-14-22(15-13-20)32-33(31)28-25(26(29)30)16-21-17-27-24-5-3-2-4-23(21)24/h2-9,12-15,17,25,27-28H,16H2,1H3,(H,29,30). The van der Waals surface area contributed by atoms with Crippen molar-refractivity contribution >= 4 is 28.1 Å². The lowest BCUT2D eigenvalue weighted by Crippen LogP contribution is -2.41. The molecule has 6 nitrogen and oxygen atoms in total. The number of H-pyrrole nitrogens is 1. The molecule has 0 saturated heterocycles. The van der Waals surface area contributed by atoms with E-state index in [2.05, 4.69) is 21.5 Å². The summed E-state index contributed by atoms with van der Waals surface area (Å²) in [7, 11) is 0. The summed E-state index contributed by atoms with van der Waals surface area (Å²) in [5, 5.41) is 10.5. The maximum atomic E-state index is 12.4. The van der Waals surface area contributed by atoms with Crippen molar-refractivity contribution < 1.29 is 18.3 Å². The first-order chi connectivity index (χ1) is 16.0. The first-order valence-electron chi connectivity index (χ1n) is 10.3. The van der Waals surface area contributed by atoms with E-state index in [0.29, 0.717) is 5.75 Å². The van der Waals surface area contributed by atoms with E-state index < -0.39 is 23.3 Å². The van der Waals surface area contributed by atoms with E-state index >= 15 is 0 Å². The highest BCUT2D eigenvalue weighted by Gasteiger charge is 2.22. The van der Waals surface area contributed by atoms with E-state index in [1.165, 1.54) is 5.56 Å². The van der Waals surface area contributed by atoms with Gasteiger partial charge in [-0.3, -0.25) is 4.79 Å². The zero-order valence-corrected chi connectivity index (χ0v) is 18.7. The van der Waals surface area contributed by atoms with E-state index in [1.807, 2.05) is 55.5 Å². The Morgan fingerprint density at radius 1 is 1.03 bits per heavy atom. The van der Waals surface area contributed by atoms with Crippen molar-refractivity contribution in [2.45, 2.75) is 19.4 Å². The fraction of sp³-hybridized carbons (Fsp3) is 0.115. The lowest BCUT2D eigenvalue weighted by Gasteiger charge is -2.13. The zero-order valence-electron chi connectivity index (χ0n) is 17.9. The molecule has 0 spiro atoms. The lowest BCUT2D eigenvalue weighted by atomic mass is 10.1. The second-order valence-corrected chi connectivity index (χ2v) is 8.40. The molecule has 0 radical (unpaired) electrons. The van der Waals surface area contributed by atoms with Crippen LogP contribution in [0, 0.1) is 18.8 Å². The third kappa shape index (κ3) is 5.89. The minimum atomic E-state index is -2.04. The number of hydrogen-bond donors (Lipinski definition) is 3. The number of carboxylic acid groups (broad SMARTS) is 1. The predicted molar refractivity (Wildman–Crippen MR) is 129 cm³/mol. The van der Waals surface area contributed by atoms with Crippen LogP contribution in [0.15, 0.2) is 79.0 Å². The monoisotopic (exact) mass is 458 g/mol. The number of aromatic amines is 1. The van der Waals surface area contributed by atoms with Crippen LogP contribution in [0.2, 0.25) is 0 Å².